The van der Waals surface area contributed by atoms with Gasteiger partial charge in [-0.3, -0.25) is 0 Å². The monoisotopic (exact) mass is 335 g/mol. The fourth-order valence-electron chi connectivity index (χ4n) is 2.74. The maximum absolute atomic E-state index is 12.9. The van der Waals surface area contributed by atoms with Crippen LogP contribution < -0.4 is 0 Å². The number of sulfonamides is 1. The Labute approximate surface area is 131 Å². The third-order valence-corrected chi connectivity index (χ3v) is 8.04. The molecule has 0 radical (unpaired) electrons. The molecule has 2 heterocycles. The van der Waals surface area contributed by atoms with Crippen LogP contribution in [0.3, 0.4) is 0 Å². The maximum Gasteiger partial charge on any atom is 0.252 e. The predicted molar refractivity (Wildman–Crippen MR) is 85.1 cm³/mol. The number of alkyl halides is 1. The lowest BCUT2D eigenvalue weighted by molar-refractivity contribution is 0.315. The second-order valence-corrected chi connectivity index (χ2v) is 8.85. The van der Waals surface area contributed by atoms with E-state index < -0.39 is 10.0 Å². The van der Waals surface area contributed by atoms with Crippen LogP contribution in [-0.4, -0.2) is 25.3 Å². The van der Waals surface area contributed by atoms with Crippen molar-refractivity contribution in [3.05, 3.63) is 16.5 Å². The number of rotatable bonds is 4. The molecule has 2 rings (SSSR count). The lowest BCUT2D eigenvalue weighted by Gasteiger charge is -2.27. The molecule has 0 spiro atoms. The summed E-state index contributed by atoms with van der Waals surface area (Å²) >= 11 is 7.18. The minimum Gasteiger partial charge on any atom is -0.206 e. The van der Waals surface area contributed by atoms with Crippen molar-refractivity contribution in [2.45, 2.75) is 62.1 Å². The topological polar surface area (TPSA) is 37.4 Å². The summed E-state index contributed by atoms with van der Waals surface area (Å²) in [4.78, 5) is 0.952. The summed E-state index contributed by atoms with van der Waals surface area (Å²) in [6, 6.07) is 1.92. The van der Waals surface area contributed by atoms with Crippen LogP contribution in [0.2, 0.25) is 0 Å². The minimum atomic E-state index is -3.37. The molecule has 0 bridgehead atoms. The first-order chi connectivity index (χ1) is 9.50. The first-order valence-electron chi connectivity index (χ1n) is 7.17. The molecule has 0 aliphatic carbocycles. The minimum absolute atomic E-state index is 0.143. The van der Waals surface area contributed by atoms with Gasteiger partial charge in [0, 0.05) is 17.5 Å². The van der Waals surface area contributed by atoms with Crippen LogP contribution in [0.4, 0.5) is 0 Å². The average molecular weight is 336 g/mol. The van der Waals surface area contributed by atoms with E-state index in [0.29, 0.717) is 16.6 Å². The zero-order valence-electron chi connectivity index (χ0n) is 12.1. The normalized spacial score (nSPS) is 21.9. The lowest BCUT2D eigenvalue weighted by Crippen LogP contribution is -2.39. The van der Waals surface area contributed by atoms with Crippen LogP contribution in [0.25, 0.3) is 0 Å². The number of hydrogen-bond acceptors (Lipinski definition) is 3. The van der Waals surface area contributed by atoms with Crippen LogP contribution in [0.1, 0.15) is 49.5 Å². The molecule has 1 unspecified atom stereocenters. The molecule has 114 valence electrons. The van der Waals surface area contributed by atoms with Crippen LogP contribution >= 0.6 is 22.9 Å². The Bertz CT molecular complexity index is 554. The van der Waals surface area contributed by atoms with E-state index in [1.165, 1.54) is 11.3 Å². The van der Waals surface area contributed by atoms with Crippen molar-refractivity contribution in [3.8, 4) is 0 Å². The van der Waals surface area contributed by atoms with Crippen LogP contribution in [-0.2, 0) is 15.9 Å². The second-order valence-electron chi connectivity index (χ2n) is 5.33. The number of nitrogens with zero attached hydrogens (tertiary/aromatic N) is 1. The first-order valence-corrected chi connectivity index (χ1v) is 9.97. The fourth-order valence-corrected chi connectivity index (χ4v) is 6.45. The van der Waals surface area contributed by atoms with Crippen molar-refractivity contribution in [2.24, 2.45) is 0 Å². The Morgan fingerprint density at radius 1 is 1.40 bits per heavy atom. The van der Waals surface area contributed by atoms with Crippen molar-refractivity contribution in [1.82, 2.24) is 4.31 Å². The van der Waals surface area contributed by atoms with Gasteiger partial charge >= 0.3 is 0 Å². The van der Waals surface area contributed by atoms with Gasteiger partial charge in [0.05, 0.1) is 5.88 Å². The van der Waals surface area contributed by atoms with Gasteiger partial charge in [0.1, 0.15) is 4.21 Å². The highest BCUT2D eigenvalue weighted by Crippen LogP contribution is 2.32. The molecule has 1 fully saturated rings. The first kappa shape index (κ1) is 16.3. The SMILES string of the molecule is CCC1CCCCCN1S(=O)(=O)c1cc(C)c(CCl)s1. The van der Waals surface area contributed by atoms with Crippen LogP contribution in [0, 0.1) is 6.92 Å². The Kier molecular flexibility index (Phi) is 5.51. The van der Waals surface area contributed by atoms with Gasteiger partial charge < -0.3 is 0 Å². The van der Waals surface area contributed by atoms with E-state index in [2.05, 4.69) is 6.92 Å². The zero-order chi connectivity index (χ0) is 14.8. The maximum atomic E-state index is 12.9. The molecular formula is C14H22ClNO2S2. The van der Waals surface area contributed by atoms with Crippen molar-refractivity contribution < 1.29 is 8.42 Å². The smallest absolute Gasteiger partial charge is 0.206 e. The second kappa shape index (κ2) is 6.77. The molecule has 0 saturated carbocycles. The Morgan fingerprint density at radius 2 is 2.15 bits per heavy atom. The lowest BCUT2D eigenvalue weighted by atomic mass is 10.1. The molecular weight excluding hydrogens is 314 g/mol. The summed E-state index contributed by atoms with van der Waals surface area (Å²) in [5, 5.41) is 0. The zero-order valence-corrected chi connectivity index (χ0v) is 14.5. The number of hydrogen-bond donors (Lipinski definition) is 0. The van der Waals surface area contributed by atoms with Gasteiger partial charge in [-0.2, -0.15) is 4.31 Å². The summed E-state index contributed by atoms with van der Waals surface area (Å²) in [6.07, 6.45) is 5.07. The van der Waals surface area contributed by atoms with Crippen LogP contribution in [0.15, 0.2) is 10.3 Å². The van der Waals surface area contributed by atoms with Gasteiger partial charge in [0.15, 0.2) is 0 Å². The molecule has 3 nitrogen and oxygen atoms in total. The van der Waals surface area contributed by atoms with Gasteiger partial charge in [-0.05, 0) is 37.8 Å². The molecule has 1 aliphatic heterocycles. The molecule has 1 aromatic rings. The Morgan fingerprint density at radius 3 is 2.75 bits per heavy atom. The van der Waals surface area contributed by atoms with E-state index in [1.807, 2.05) is 6.92 Å². The van der Waals surface area contributed by atoms with Crippen molar-refractivity contribution >= 4 is 33.0 Å². The molecule has 0 amide bonds. The third-order valence-electron chi connectivity index (χ3n) is 3.98. The number of thiophene rings is 1. The molecule has 20 heavy (non-hydrogen) atoms. The number of aryl methyl sites for hydroxylation is 1. The van der Waals surface area contributed by atoms with E-state index in [0.717, 1.165) is 42.5 Å². The summed E-state index contributed by atoms with van der Waals surface area (Å²) in [6.45, 7) is 4.64. The van der Waals surface area contributed by atoms with E-state index in [1.54, 1.807) is 10.4 Å². The third kappa shape index (κ3) is 3.21. The summed E-state index contributed by atoms with van der Waals surface area (Å²) in [7, 11) is -3.37. The van der Waals surface area contributed by atoms with E-state index >= 15 is 0 Å². The van der Waals surface area contributed by atoms with E-state index in [9.17, 15) is 8.42 Å². The van der Waals surface area contributed by atoms with Gasteiger partial charge in [-0.15, -0.1) is 22.9 Å². The highest BCUT2D eigenvalue weighted by Gasteiger charge is 2.32. The largest absolute Gasteiger partial charge is 0.252 e. The molecule has 0 aromatic carbocycles. The van der Waals surface area contributed by atoms with Gasteiger partial charge in [0.25, 0.3) is 10.0 Å². The standard InChI is InChI=1S/C14H22ClNO2S2/c1-3-12-7-5-4-6-8-16(12)20(17,18)14-9-11(2)13(10-15)19-14/h9,12H,3-8,10H2,1-2H3. The molecule has 1 aliphatic rings. The highest BCUT2D eigenvalue weighted by molar-refractivity contribution is 7.91. The van der Waals surface area contributed by atoms with Gasteiger partial charge in [0.2, 0.25) is 0 Å². The van der Waals surface area contributed by atoms with E-state index in [4.69, 9.17) is 11.6 Å². The molecule has 1 aromatic heterocycles. The summed E-state index contributed by atoms with van der Waals surface area (Å²) < 4.78 is 27.9. The fraction of sp³-hybridized carbons (Fsp3) is 0.714. The molecule has 1 saturated heterocycles. The average Bonchev–Trinajstić information content (AvgIpc) is 2.66. The van der Waals surface area contributed by atoms with Gasteiger partial charge in [-0.1, -0.05) is 19.8 Å². The molecule has 6 heteroatoms. The summed E-state index contributed by atoms with van der Waals surface area (Å²) in [5.74, 6) is 0.378. The number of halogens is 1. The Hall–Kier alpha value is -0.100. The quantitative estimate of drug-likeness (QED) is 0.775. The van der Waals surface area contributed by atoms with Gasteiger partial charge in [-0.25, -0.2) is 8.42 Å². The summed E-state index contributed by atoms with van der Waals surface area (Å²) in [5.41, 5.74) is 0.978. The predicted octanol–water partition coefficient (Wildman–Crippen LogP) is 4.14. The van der Waals surface area contributed by atoms with Crippen LogP contribution in [0.5, 0.6) is 0 Å². The highest BCUT2D eigenvalue weighted by atomic mass is 35.5. The Balaban J connectivity index is 2.35. The van der Waals surface area contributed by atoms with E-state index in [-0.39, 0.29) is 6.04 Å². The van der Waals surface area contributed by atoms with Crippen molar-refractivity contribution in [3.63, 3.8) is 0 Å². The molecule has 0 N–H and O–H groups in total. The molecule has 1 atom stereocenters. The van der Waals surface area contributed by atoms with Crippen molar-refractivity contribution in [1.29, 1.82) is 0 Å². The van der Waals surface area contributed by atoms with Crippen molar-refractivity contribution in [2.75, 3.05) is 6.54 Å².